The van der Waals surface area contributed by atoms with Gasteiger partial charge in [0.2, 0.25) is 11.7 Å². The fourth-order valence-corrected chi connectivity index (χ4v) is 4.90. The molecule has 0 saturated carbocycles. The van der Waals surface area contributed by atoms with Crippen LogP contribution in [0.5, 0.6) is 0 Å². The molecule has 2 heterocycles. The largest absolute Gasteiger partial charge is 0.325 e. The number of hydrogen-bond acceptors (Lipinski definition) is 5. The van der Waals surface area contributed by atoms with E-state index < -0.39 is 5.25 Å². The summed E-state index contributed by atoms with van der Waals surface area (Å²) in [7, 11) is 0. The van der Waals surface area contributed by atoms with Gasteiger partial charge in [0.25, 0.3) is 5.56 Å². The van der Waals surface area contributed by atoms with Crippen molar-refractivity contribution in [2.75, 3.05) is 5.32 Å². The molecular formula is C24H27N5O2S. The average molecular weight is 450 g/mol. The maximum absolute atomic E-state index is 13.0. The van der Waals surface area contributed by atoms with Crippen LogP contribution in [-0.2, 0) is 11.3 Å². The van der Waals surface area contributed by atoms with E-state index in [0.29, 0.717) is 22.9 Å². The number of carbonyl (C=O) groups is 1. The summed E-state index contributed by atoms with van der Waals surface area (Å²) in [6, 6.07) is 11.6. The summed E-state index contributed by atoms with van der Waals surface area (Å²) in [6.45, 7) is 10.5. The fraction of sp³-hybridized carbons (Fsp3) is 0.333. The number of fused-ring (bicyclic) bond motifs is 3. The molecule has 0 aliphatic rings. The zero-order chi connectivity index (χ0) is 23.0. The Kier molecular flexibility index (Phi) is 6.06. The predicted octanol–water partition coefficient (Wildman–Crippen LogP) is 4.50. The maximum Gasteiger partial charge on any atom is 0.262 e. The molecule has 7 nitrogen and oxygen atoms in total. The summed E-state index contributed by atoms with van der Waals surface area (Å²) in [6.07, 6.45) is 0.803. The number of aryl methyl sites for hydroxylation is 4. The van der Waals surface area contributed by atoms with Gasteiger partial charge in [-0.25, -0.2) is 0 Å². The minimum Gasteiger partial charge on any atom is -0.325 e. The molecule has 4 aromatic rings. The SMILES string of the molecule is CCCn1c(=O)c2ccccc2n2c(SC(C)C(=O)Nc3c(C)cc(C)cc3C)nnc12. The molecule has 2 aromatic carbocycles. The molecule has 0 saturated heterocycles. The van der Waals surface area contributed by atoms with Gasteiger partial charge in [0, 0.05) is 12.2 Å². The number of thioether (sulfide) groups is 1. The summed E-state index contributed by atoms with van der Waals surface area (Å²) in [4.78, 5) is 26.0. The van der Waals surface area contributed by atoms with Gasteiger partial charge in [-0.05, 0) is 57.4 Å². The monoisotopic (exact) mass is 449 g/mol. The Balaban J connectivity index is 1.70. The molecule has 2 aromatic heterocycles. The van der Waals surface area contributed by atoms with Gasteiger partial charge in [0.1, 0.15) is 0 Å². The van der Waals surface area contributed by atoms with Crippen LogP contribution >= 0.6 is 11.8 Å². The van der Waals surface area contributed by atoms with Crippen LogP contribution in [0.4, 0.5) is 5.69 Å². The predicted molar refractivity (Wildman–Crippen MR) is 130 cm³/mol. The second-order valence-corrected chi connectivity index (χ2v) is 9.42. The van der Waals surface area contributed by atoms with Crippen LogP contribution in [0.3, 0.4) is 0 Å². The Morgan fingerprint density at radius 1 is 1.12 bits per heavy atom. The zero-order valence-electron chi connectivity index (χ0n) is 19.0. The van der Waals surface area contributed by atoms with Crippen molar-refractivity contribution in [2.45, 2.75) is 58.0 Å². The lowest BCUT2D eigenvalue weighted by Crippen LogP contribution is -2.24. The van der Waals surface area contributed by atoms with Crippen LogP contribution in [0.2, 0.25) is 0 Å². The molecular weight excluding hydrogens is 422 g/mol. The lowest BCUT2D eigenvalue weighted by atomic mass is 10.1. The first kappa shape index (κ1) is 22.1. The molecule has 1 unspecified atom stereocenters. The smallest absolute Gasteiger partial charge is 0.262 e. The van der Waals surface area contributed by atoms with Gasteiger partial charge in [-0.3, -0.25) is 18.6 Å². The van der Waals surface area contributed by atoms with E-state index >= 15 is 0 Å². The molecule has 0 spiro atoms. The molecule has 4 rings (SSSR count). The lowest BCUT2D eigenvalue weighted by molar-refractivity contribution is -0.115. The molecule has 8 heteroatoms. The van der Waals surface area contributed by atoms with Crippen molar-refractivity contribution in [1.82, 2.24) is 19.2 Å². The summed E-state index contributed by atoms with van der Waals surface area (Å²) in [5.74, 6) is 0.392. The number of benzene rings is 2. The van der Waals surface area contributed by atoms with Crippen molar-refractivity contribution in [3.05, 3.63) is 63.4 Å². The molecule has 1 amide bonds. The van der Waals surface area contributed by atoms with Gasteiger partial charge in [-0.1, -0.05) is 48.5 Å². The Bertz CT molecular complexity index is 1370. The van der Waals surface area contributed by atoms with E-state index in [0.717, 1.165) is 28.8 Å². The van der Waals surface area contributed by atoms with Crippen molar-refractivity contribution >= 4 is 40.0 Å². The molecule has 1 atom stereocenters. The van der Waals surface area contributed by atoms with Gasteiger partial charge in [-0.2, -0.15) is 0 Å². The van der Waals surface area contributed by atoms with E-state index in [-0.39, 0.29) is 11.5 Å². The van der Waals surface area contributed by atoms with E-state index in [1.165, 1.54) is 17.3 Å². The average Bonchev–Trinajstić information content (AvgIpc) is 3.17. The molecule has 0 bridgehead atoms. The van der Waals surface area contributed by atoms with Gasteiger partial charge in [0.05, 0.1) is 16.2 Å². The van der Waals surface area contributed by atoms with Gasteiger partial charge in [-0.15, -0.1) is 10.2 Å². The maximum atomic E-state index is 13.0. The summed E-state index contributed by atoms with van der Waals surface area (Å²) in [5.41, 5.74) is 4.76. The first-order valence-electron chi connectivity index (χ1n) is 10.7. The highest BCUT2D eigenvalue weighted by Crippen LogP contribution is 2.27. The standard InChI is InChI=1S/C24H27N5O2S/c1-6-11-28-22(31)18-9-7-8-10-19(18)29-23(28)26-27-24(29)32-17(5)21(30)25-20-15(3)12-14(2)13-16(20)4/h7-10,12-13,17H,6,11H2,1-5H3,(H,25,30). The summed E-state index contributed by atoms with van der Waals surface area (Å²) >= 11 is 1.33. The van der Waals surface area contributed by atoms with Crippen LogP contribution in [-0.4, -0.2) is 30.3 Å². The Hall–Kier alpha value is -3.13. The molecule has 1 N–H and O–H groups in total. The van der Waals surface area contributed by atoms with E-state index in [1.54, 1.807) is 4.57 Å². The minimum absolute atomic E-state index is 0.0741. The van der Waals surface area contributed by atoms with Gasteiger partial charge < -0.3 is 5.32 Å². The molecule has 0 radical (unpaired) electrons. The molecule has 0 fully saturated rings. The summed E-state index contributed by atoms with van der Waals surface area (Å²) in [5, 5.41) is 12.5. The first-order chi connectivity index (χ1) is 15.3. The third-order valence-corrected chi connectivity index (χ3v) is 6.54. The van der Waals surface area contributed by atoms with E-state index in [2.05, 4.69) is 27.6 Å². The number of nitrogens with one attached hydrogen (secondary N) is 1. The van der Waals surface area contributed by atoms with E-state index in [1.807, 2.05) is 63.3 Å². The number of rotatable bonds is 6. The first-order valence-corrected chi connectivity index (χ1v) is 11.6. The summed E-state index contributed by atoms with van der Waals surface area (Å²) < 4.78 is 3.53. The van der Waals surface area contributed by atoms with Crippen molar-refractivity contribution in [3.8, 4) is 0 Å². The fourth-order valence-electron chi connectivity index (χ4n) is 4.05. The molecule has 32 heavy (non-hydrogen) atoms. The number of nitrogens with zero attached hydrogens (tertiary/aromatic N) is 4. The third-order valence-electron chi connectivity index (χ3n) is 5.50. The molecule has 0 aliphatic heterocycles. The van der Waals surface area contributed by atoms with Crippen molar-refractivity contribution in [2.24, 2.45) is 0 Å². The number of aromatic nitrogens is 4. The second kappa shape index (κ2) is 8.78. The second-order valence-electron chi connectivity index (χ2n) is 8.11. The number of amides is 1. The lowest BCUT2D eigenvalue weighted by Gasteiger charge is -2.16. The highest BCUT2D eigenvalue weighted by molar-refractivity contribution is 8.00. The normalized spacial score (nSPS) is 12.4. The highest BCUT2D eigenvalue weighted by Gasteiger charge is 2.22. The van der Waals surface area contributed by atoms with Crippen LogP contribution < -0.4 is 10.9 Å². The molecule has 166 valence electrons. The number of anilines is 1. The van der Waals surface area contributed by atoms with Gasteiger partial charge >= 0.3 is 0 Å². The van der Waals surface area contributed by atoms with Crippen LogP contribution in [0, 0.1) is 20.8 Å². The Labute approximate surface area is 190 Å². The Morgan fingerprint density at radius 2 is 1.81 bits per heavy atom. The van der Waals surface area contributed by atoms with E-state index in [9.17, 15) is 9.59 Å². The van der Waals surface area contributed by atoms with Gasteiger partial charge in [0.15, 0.2) is 5.16 Å². The highest BCUT2D eigenvalue weighted by atomic mass is 32.2. The third kappa shape index (κ3) is 3.90. The minimum atomic E-state index is -0.409. The Morgan fingerprint density at radius 3 is 2.50 bits per heavy atom. The molecule has 0 aliphatic carbocycles. The number of para-hydroxylation sites is 1. The van der Waals surface area contributed by atoms with Crippen molar-refractivity contribution in [1.29, 1.82) is 0 Å². The topological polar surface area (TPSA) is 81.3 Å². The zero-order valence-corrected chi connectivity index (χ0v) is 19.8. The number of carbonyl (C=O) groups excluding carboxylic acids is 1. The van der Waals surface area contributed by atoms with Crippen molar-refractivity contribution in [3.63, 3.8) is 0 Å². The number of hydrogen-bond donors (Lipinski definition) is 1. The van der Waals surface area contributed by atoms with Crippen molar-refractivity contribution < 1.29 is 4.79 Å². The van der Waals surface area contributed by atoms with Crippen LogP contribution in [0.1, 0.15) is 37.0 Å². The van der Waals surface area contributed by atoms with Crippen LogP contribution in [0.15, 0.2) is 46.3 Å². The quantitative estimate of drug-likeness (QED) is 0.439. The van der Waals surface area contributed by atoms with Crippen LogP contribution in [0.25, 0.3) is 16.7 Å². The van der Waals surface area contributed by atoms with E-state index in [4.69, 9.17) is 0 Å².